The number of ether oxygens (including phenoxy) is 1. The Labute approximate surface area is 167 Å². The van der Waals surface area contributed by atoms with Gasteiger partial charge in [0.1, 0.15) is 0 Å². The molecular formula is C19H21ClN2O4S. The Morgan fingerprint density at radius 3 is 2.48 bits per heavy atom. The van der Waals surface area contributed by atoms with Gasteiger partial charge in [-0.15, -0.1) is 11.8 Å². The van der Waals surface area contributed by atoms with Crippen molar-refractivity contribution >= 4 is 41.0 Å². The van der Waals surface area contributed by atoms with E-state index < -0.39 is 5.97 Å². The molecule has 2 N–H and O–H groups in total. The summed E-state index contributed by atoms with van der Waals surface area (Å²) in [6, 6.07) is 7.47. The van der Waals surface area contributed by atoms with Crippen molar-refractivity contribution in [2.45, 2.75) is 25.2 Å². The largest absolute Gasteiger partial charge is 0.465 e. The summed E-state index contributed by atoms with van der Waals surface area (Å²) < 4.78 is 4.77. The van der Waals surface area contributed by atoms with Gasteiger partial charge >= 0.3 is 5.97 Å². The molecule has 1 aromatic heterocycles. The molecule has 0 radical (unpaired) electrons. The van der Waals surface area contributed by atoms with Gasteiger partial charge in [0.2, 0.25) is 5.91 Å². The normalized spacial score (nSPS) is 10.5. The van der Waals surface area contributed by atoms with E-state index in [-0.39, 0.29) is 23.7 Å². The third kappa shape index (κ3) is 5.61. The fourth-order valence-electron chi connectivity index (χ4n) is 2.63. The van der Waals surface area contributed by atoms with Gasteiger partial charge in [-0.1, -0.05) is 11.6 Å². The molecule has 0 fully saturated rings. The molecule has 144 valence electrons. The summed E-state index contributed by atoms with van der Waals surface area (Å²) in [5, 5.41) is 3.49. The maximum absolute atomic E-state index is 12.2. The Hall–Kier alpha value is -2.25. The van der Waals surface area contributed by atoms with Gasteiger partial charge in [0.15, 0.2) is 5.78 Å². The minimum atomic E-state index is -0.572. The summed E-state index contributed by atoms with van der Waals surface area (Å²) in [5.41, 5.74) is 1.44. The first-order valence-electron chi connectivity index (χ1n) is 8.29. The Kier molecular flexibility index (Phi) is 7.50. The van der Waals surface area contributed by atoms with Crippen LogP contribution < -0.4 is 5.32 Å². The Bertz CT molecular complexity index is 846. The molecule has 0 spiro atoms. The van der Waals surface area contributed by atoms with Crippen LogP contribution in [0.15, 0.2) is 29.2 Å². The van der Waals surface area contributed by atoms with Crippen LogP contribution in [-0.4, -0.2) is 42.1 Å². The monoisotopic (exact) mass is 408 g/mol. The Morgan fingerprint density at radius 1 is 1.22 bits per heavy atom. The molecule has 2 aromatic rings. The minimum Gasteiger partial charge on any atom is -0.465 e. The van der Waals surface area contributed by atoms with Crippen LogP contribution in [-0.2, 0) is 16.0 Å². The van der Waals surface area contributed by atoms with Crippen molar-refractivity contribution in [1.29, 1.82) is 0 Å². The molecular weight excluding hydrogens is 388 g/mol. The number of amides is 1. The summed E-state index contributed by atoms with van der Waals surface area (Å²) >= 11 is 7.45. The molecule has 27 heavy (non-hydrogen) atoms. The fraction of sp³-hybridized carbons (Fsp3) is 0.316. The van der Waals surface area contributed by atoms with Gasteiger partial charge in [-0.25, -0.2) is 4.79 Å². The Morgan fingerprint density at radius 2 is 1.89 bits per heavy atom. The lowest BCUT2D eigenvalue weighted by Crippen LogP contribution is -2.28. The third-order valence-corrected chi connectivity index (χ3v) is 5.18. The number of benzene rings is 1. The number of aromatic nitrogens is 1. The van der Waals surface area contributed by atoms with E-state index >= 15 is 0 Å². The summed E-state index contributed by atoms with van der Waals surface area (Å²) in [7, 11) is 1.26. The highest BCUT2D eigenvalue weighted by molar-refractivity contribution is 7.99. The third-order valence-electron chi connectivity index (χ3n) is 3.91. The lowest BCUT2D eigenvalue weighted by molar-refractivity contribution is -0.120. The highest BCUT2D eigenvalue weighted by atomic mass is 35.5. The zero-order chi connectivity index (χ0) is 20.0. The van der Waals surface area contributed by atoms with Crippen LogP contribution >= 0.6 is 23.4 Å². The van der Waals surface area contributed by atoms with Gasteiger partial charge in [0, 0.05) is 34.8 Å². The van der Waals surface area contributed by atoms with E-state index in [1.807, 2.05) is 24.3 Å². The number of methoxy groups -OCH3 is 1. The summed E-state index contributed by atoms with van der Waals surface area (Å²) in [6.45, 7) is 3.53. The van der Waals surface area contributed by atoms with Gasteiger partial charge in [-0.2, -0.15) is 0 Å². The van der Waals surface area contributed by atoms with E-state index in [0.29, 0.717) is 34.3 Å². The molecule has 0 bridgehead atoms. The quantitative estimate of drug-likeness (QED) is 0.302. The molecule has 0 atom stereocenters. The number of rotatable bonds is 8. The van der Waals surface area contributed by atoms with Crippen molar-refractivity contribution < 1.29 is 19.1 Å². The number of aromatic amines is 1. The molecule has 0 aliphatic rings. The number of ketones is 1. The molecule has 1 heterocycles. The van der Waals surface area contributed by atoms with Crippen molar-refractivity contribution in [2.75, 3.05) is 19.4 Å². The van der Waals surface area contributed by atoms with Crippen molar-refractivity contribution in [3.05, 3.63) is 51.8 Å². The first-order chi connectivity index (χ1) is 12.8. The number of carbonyl (C=O) groups excluding carboxylic acids is 3. The van der Waals surface area contributed by atoms with E-state index in [1.54, 1.807) is 18.7 Å². The second-order valence-corrected chi connectivity index (χ2v) is 7.46. The van der Waals surface area contributed by atoms with Crippen LogP contribution in [0.2, 0.25) is 5.02 Å². The Balaban J connectivity index is 1.94. The second-order valence-electron chi connectivity index (χ2n) is 5.86. The predicted molar refractivity (Wildman–Crippen MR) is 106 cm³/mol. The molecule has 0 aliphatic heterocycles. The highest BCUT2D eigenvalue weighted by Crippen LogP contribution is 2.21. The molecule has 1 amide bonds. The van der Waals surface area contributed by atoms with E-state index in [0.717, 1.165) is 4.90 Å². The van der Waals surface area contributed by atoms with Crippen LogP contribution in [0.4, 0.5) is 0 Å². The molecule has 0 aliphatic carbocycles. The van der Waals surface area contributed by atoms with E-state index in [9.17, 15) is 14.4 Å². The highest BCUT2D eigenvalue weighted by Gasteiger charge is 2.24. The zero-order valence-corrected chi connectivity index (χ0v) is 16.9. The smallest absolute Gasteiger partial charge is 0.339 e. The first-order valence-corrected chi connectivity index (χ1v) is 9.65. The number of Topliss-reactive ketones (excluding diaryl/α,β-unsaturated/α-hetero) is 1. The number of nitrogens with one attached hydrogen (secondary N) is 2. The SMILES string of the molecule is COC(=O)c1c(CC(=O)NCCSc2ccc(Cl)cc2)[nH]c(C(C)=O)c1C. The van der Waals surface area contributed by atoms with E-state index in [4.69, 9.17) is 16.3 Å². The number of halogens is 1. The fourth-order valence-corrected chi connectivity index (χ4v) is 3.53. The summed E-state index contributed by atoms with van der Waals surface area (Å²) in [6.07, 6.45) is -0.0375. The molecule has 1 aromatic carbocycles. The van der Waals surface area contributed by atoms with Crippen LogP contribution in [0.5, 0.6) is 0 Å². The number of hydrogen-bond acceptors (Lipinski definition) is 5. The van der Waals surface area contributed by atoms with Crippen LogP contribution in [0.1, 0.15) is 39.0 Å². The molecule has 6 nitrogen and oxygen atoms in total. The standard InChI is InChI=1S/C19H21ClN2O4S/c1-11-17(19(25)26-3)15(22-18(11)12(2)23)10-16(24)21-8-9-27-14-6-4-13(20)5-7-14/h4-7,22H,8-10H2,1-3H3,(H,21,24). The molecule has 0 unspecified atom stereocenters. The maximum atomic E-state index is 12.2. The van der Waals surface area contributed by atoms with E-state index in [1.165, 1.54) is 14.0 Å². The zero-order valence-electron chi connectivity index (χ0n) is 15.3. The van der Waals surface area contributed by atoms with Crippen LogP contribution in [0.3, 0.4) is 0 Å². The molecule has 2 rings (SSSR count). The van der Waals surface area contributed by atoms with Crippen molar-refractivity contribution in [3.8, 4) is 0 Å². The molecule has 0 saturated carbocycles. The average molecular weight is 409 g/mol. The van der Waals surface area contributed by atoms with Gasteiger partial charge < -0.3 is 15.0 Å². The first kappa shape index (κ1) is 21.1. The van der Waals surface area contributed by atoms with Gasteiger partial charge in [-0.3, -0.25) is 9.59 Å². The average Bonchev–Trinajstić information content (AvgIpc) is 2.96. The summed E-state index contributed by atoms with van der Waals surface area (Å²) in [4.78, 5) is 39.9. The van der Waals surface area contributed by atoms with Crippen molar-refractivity contribution in [2.24, 2.45) is 0 Å². The number of H-pyrrole nitrogens is 1. The number of carbonyl (C=O) groups is 3. The van der Waals surface area contributed by atoms with Gasteiger partial charge in [0.05, 0.1) is 24.8 Å². The number of esters is 1. The van der Waals surface area contributed by atoms with Gasteiger partial charge in [-0.05, 0) is 36.8 Å². The molecule has 0 saturated heterocycles. The predicted octanol–water partition coefficient (Wildman–Crippen LogP) is 3.42. The van der Waals surface area contributed by atoms with Crippen LogP contribution in [0.25, 0.3) is 0 Å². The second kappa shape index (κ2) is 9.62. The maximum Gasteiger partial charge on any atom is 0.339 e. The van der Waals surface area contributed by atoms with E-state index in [2.05, 4.69) is 10.3 Å². The lowest BCUT2D eigenvalue weighted by Gasteiger charge is -2.06. The minimum absolute atomic E-state index is 0.0375. The lowest BCUT2D eigenvalue weighted by atomic mass is 10.1. The summed E-state index contributed by atoms with van der Waals surface area (Å²) in [5.74, 6) is -0.325. The van der Waals surface area contributed by atoms with Crippen molar-refractivity contribution in [1.82, 2.24) is 10.3 Å². The van der Waals surface area contributed by atoms with Crippen LogP contribution in [0, 0.1) is 6.92 Å². The molecule has 8 heteroatoms. The van der Waals surface area contributed by atoms with Crippen molar-refractivity contribution in [3.63, 3.8) is 0 Å². The number of hydrogen-bond donors (Lipinski definition) is 2. The number of thioether (sulfide) groups is 1. The van der Waals surface area contributed by atoms with Gasteiger partial charge in [0.25, 0.3) is 0 Å². The topological polar surface area (TPSA) is 88.3 Å².